The molecule has 0 radical (unpaired) electrons. The van der Waals surface area contributed by atoms with Gasteiger partial charge in [0.15, 0.2) is 5.82 Å². The normalized spacial score (nSPS) is 12.0. The standard InChI is InChI=1S/C21H21F3N6O3/c1-11-16(30(32)33)18(27-19(31)14-10-15(20(2,3)4)28-29(14)5)26-17(25-11)12-8-6-7-9-13(12)21(22,23)24/h6-10H,1-5H3,(H,25,26,27,31). The summed E-state index contributed by atoms with van der Waals surface area (Å²) < 4.78 is 41.7. The number of hydrogen-bond donors (Lipinski definition) is 1. The molecule has 0 bridgehead atoms. The first-order valence-electron chi connectivity index (χ1n) is 9.75. The Morgan fingerprint density at radius 2 is 1.79 bits per heavy atom. The molecule has 1 amide bonds. The highest BCUT2D eigenvalue weighted by molar-refractivity contribution is 6.04. The van der Waals surface area contributed by atoms with E-state index in [1.54, 1.807) is 0 Å². The minimum atomic E-state index is -4.70. The van der Waals surface area contributed by atoms with Gasteiger partial charge in [0.1, 0.15) is 11.4 Å². The molecule has 0 unspecified atom stereocenters. The highest BCUT2D eigenvalue weighted by atomic mass is 19.4. The van der Waals surface area contributed by atoms with Crippen molar-refractivity contribution in [1.29, 1.82) is 0 Å². The number of amides is 1. The van der Waals surface area contributed by atoms with Crippen LogP contribution in [0, 0.1) is 17.0 Å². The van der Waals surface area contributed by atoms with Gasteiger partial charge in [0, 0.05) is 18.0 Å². The number of aryl methyl sites for hydroxylation is 2. The van der Waals surface area contributed by atoms with Crippen LogP contribution in [0.1, 0.15) is 48.2 Å². The molecule has 0 saturated carbocycles. The maximum absolute atomic E-state index is 13.5. The van der Waals surface area contributed by atoms with Crippen molar-refractivity contribution < 1.29 is 22.9 Å². The molecule has 174 valence electrons. The number of alkyl halides is 3. The number of benzene rings is 1. The molecular formula is C21H21F3N6O3. The van der Waals surface area contributed by atoms with Crippen molar-refractivity contribution in [3.05, 3.63) is 63.1 Å². The van der Waals surface area contributed by atoms with E-state index in [1.165, 1.54) is 36.9 Å². The predicted octanol–water partition coefficient (Wildman–Crippen LogP) is 4.66. The van der Waals surface area contributed by atoms with E-state index < -0.39 is 39.9 Å². The Labute approximate surface area is 186 Å². The third-order valence-corrected chi connectivity index (χ3v) is 4.83. The molecule has 3 aromatic rings. The smallest absolute Gasteiger partial charge is 0.299 e. The predicted molar refractivity (Wildman–Crippen MR) is 114 cm³/mol. The van der Waals surface area contributed by atoms with E-state index in [-0.39, 0.29) is 22.4 Å². The molecule has 2 aromatic heterocycles. The first-order chi connectivity index (χ1) is 15.2. The average Bonchev–Trinajstić information content (AvgIpc) is 3.09. The van der Waals surface area contributed by atoms with Crippen molar-refractivity contribution in [1.82, 2.24) is 19.7 Å². The van der Waals surface area contributed by atoms with Crippen LogP contribution in [0.3, 0.4) is 0 Å². The van der Waals surface area contributed by atoms with Crippen molar-refractivity contribution in [3.8, 4) is 11.4 Å². The van der Waals surface area contributed by atoms with Gasteiger partial charge in [-0.3, -0.25) is 24.9 Å². The molecular weight excluding hydrogens is 441 g/mol. The molecule has 1 N–H and O–H groups in total. The summed E-state index contributed by atoms with van der Waals surface area (Å²) in [6.07, 6.45) is -4.70. The van der Waals surface area contributed by atoms with Crippen LogP contribution in [0.4, 0.5) is 24.7 Å². The Morgan fingerprint density at radius 1 is 1.15 bits per heavy atom. The second kappa shape index (κ2) is 8.26. The fraction of sp³-hybridized carbons (Fsp3) is 0.333. The SMILES string of the molecule is Cc1nc(-c2ccccc2C(F)(F)F)nc(NC(=O)c2cc(C(C)(C)C)nn2C)c1[N+](=O)[O-]. The quantitative estimate of drug-likeness (QED) is 0.445. The number of aromatic nitrogens is 4. The van der Waals surface area contributed by atoms with Gasteiger partial charge in [-0.15, -0.1) is 0 Å². The second-order valence-corrected chi connectivity index (χ2v) is 8.37. The van der Waals surface area contributed by atoms with Crippen molar-refractivity contribution in [2.24, 2.45) is 7.05 Å². The lowest BCUT2D eigenvalue weighted by Crippen LogP contribution is -2.19. The fourth-order valence-electron chi connectivity index (χ4n) is 3.14. The van der Waals surface area contributed by atoms with E-state index >= 15 is 0 Å². The number of nitrogens with one attached hydrogen (secondary N) is 1. The Kier molecular flexibility index (Phi) is 5.96. The monoisotopic (exact) mass is 462 g/mol. The summed E-state index contributed by atoms with van der Waals surface area (Å²) in [6.45, 7) is 6.97. The molecule has 0 aliphatic rings. The zero-order valence-corrected chi connectivity index (χ0v) is 18.5. The zero-order chi connectivity index (χ0) is 24.7. The Morgan fingerprint density at radius 3 is 2.33 bits per heavy atom. The lowest BCUT2D eigenvalue weighted by molar-refractivity contribution is -0.385. The number of halogens is 3. The van der Waals surface area contributed by atoms with Gasteiger partial charge in [0.25, 0.3) is 5.91 Å². The van der Waals surface area contributed by atoms with Gasteiger partial charge in [0.2, 0.25) is 5.82 Å². The van der Waals surface area contributed by atoms with Crippen LogP contribution in [0.2, 0.25) is 0 Å². The number of nitrogens with zero attached hydrogens (tertiary/aromatic N) is 5. The summed E-state index contributed by atoms with van der Waals surface area (Å²) >= 11 is 0. The maximum Gasteiger partial charge on any atom is 0.417 e. The van der Waals surface area contributed by atoms with Crippen LogP contribution in [0.5, 0.6) is 0 Å². The third-order valence-electron chi connectivity index (χ3n) is 4.83. The van der Waals surface area contributed by atoms with E-state index in [0.717, 1.165) is 12.1 Å². The van der Waals surface area contributed by atoms with Gasteiger partial charge in [-0.2, -0.15) is 18.3 Å². The molecule has 0 saturated heterocycles. The van der Waals surface area contributed by atoms with Crippen LogP contribution < -0.4 is 5.32 Å². The minimum Gasteiger partial charge on any atom is -0.299 e. The summed E-state index contributed by atoms with van der Waals surface area (Å²) in [4.78, 5) is 31.6. The number of carbonyl (C=O) groups excluding carboxylic acids is 1. The number of nitro groups is 1. The zero-order valence-electron chi connectivity index (χ0n) is 18.5. The number of carbonyl (C=O) groups is 1. The number of rotatable bonds is 4. The second-order valence-electron chi connectivity index (χ2n) is 8.37. The summed E-state index contributed by atoms with van der Waals surface area (Å²) in [7, 11) is 1.54. The van der Waals surface area contributed by atoms with Crippen LogP contribution in [-0.2, 0) is 18.6 Å². The largest absolute Gasteiger partial charge is 0.417 e. The van der Waals surface area contributed by atoms with E-state index in [9.17, 15) is 28.1 Å². The van der Waals surface area contributed by atoms with Crippen LogP contribution in [-0.4, -0.2) is 30.6 Å². The molecule has 33 heavy (non-hydrogen) atoms. The Balaban J connectivity index is 2.12. The molecule has 2 heterocycles. The highest BCUT2D eigenvalue weighted by Gasteiger charge is 2.35. The third kappa shape index (κ3) is 4.83. The molecule has 0 fully saturated rings. The molecule has 1 aromatic carbocycles. The molecule has 0 aliphatic carbocycles. The van der Waals surface area contributed by atoms with Gasteiger partial charge in [-0.05, 0) is 19.1 Å². The van der Waals surface area contributed by atoms with E-state index in [4.69, 9.17) is 0 Å². The summed E-state index contributed by atoms with van der Waals surface area (Å²) in [5, 5.41) is 18.3. The summed E-state index contributed by atoms with van der Waals surface area (Å²) in [6, 6.07) is 6.13. The minimum absolute atomic E-state index is 0.0997. The molecule has 3 rings (SSSR count). The lowest BCUT2D eigenvalue weighted by atomic mass is 9.92. The van der Waals surface area contributed by atoms with Gasteiger partial charge in [-0.1, -0.05) is 39.0 Å². The van der Waals surface area contributed by atoms with E-state index in [2.05, 4.69) is 20.4 Å². The Hall–Kier alpha value is -3.83. The summed E-state index contributed by atoms with van der Waals surface area (Å²) in [5.74, 6) is -1.67. The molecule has 12 heteroatoms. The molecule has 0 atom stereocenters. The van der Waals surface area contributed by atoms with Gasteiger partial charge < -0.3 is 0 Å². The Bertz CT molecular complexity index is 1250. The van der Waals surface area contributed by atoms with Gasteiger partial charge in [-0.25, -0.2) is 9.97 Å². The fourth-order valence-corrected chi connectivity index (χ4v) is 3.14. The first-order valence-corrected chi connectivity index (χ1v) is 9.75. The molecule has 9 nitrogen and oxygen atoms in total. The van der Waals surface area contributed by atoms with Crippen molar-refractivity contribution in [3.63, 3.8) is 0 Å². The van der Waals surface area contributed by atoms with Crippen molar-refractivity contribution >= 4 is 17.4 Å². The first kappa shape index (κ1) is 23.8. The van der Waals surface area contributed by atoms with Crippen molar-refractivity contribution in [2.75, 3.05) is 5.32 Å². The molecule has 0 spiro atoms. The van der Waals surface area contributed by atoms with Crippen LogP contribution in [0.15, 0.2) is 30.3 Å². The number of anilines is 1. The van der Waals surface area contributed by atoms with Gasteiger partial charge in [0.05, 0.1) is 16.2 Å². The number of hydrogen-bond acceptors (Lipinski definition) is 6. The van der Waals surface area contributed by atoms with E-state index in [0.29, 0.717) is 5.69 Å². The lowest BCUT2D eigenvalue weighted by Gasteiger charge is -2.14. The van der Waals surface area contributed by atoms with E-state index in [1.807, 2.05) is 20.8 Å². The maximum atomic E-state index is 13.5. The topological polar surface area (TPSA) is 116 Å². The van der Waals surface area contributed by atoms with Crippen LogP contribution in [0.25, 0.3) is 11.4 Å². The van der Waals surface area contributed by atoms with Crippen molar-refractivity contribution in [2.45, 2.75) is 39.3 Å². The van der Waals surface area contributed by atoms with Gasteiger partial charge >= 0.3 is 11.9 Å². The average molecular weight is 462 g/mol. The van der Waals surface area contributed by atoms with Crippen LogP contribution >= 0.6 is 0 Å². The summed E-state index contributed by atoms with van der Waals surface area (Å²) in [5.41, 5.74) is -1.83. The molecule has 0 aliphatic heterocycles. The highest BCUT2D eigenvalue weighted by Crippen LogP contribution is 2.37.